The van der Waals surface area contributed by atoms with Gasteiger partial charge in [-0.2, -0.15) is 0 Å². The SMILES string of the molecule is C[C@H](N)c1cccc(-c2ccccc2F)c1.Cl. The minimum atomic E-state index is -0.204. The Labute approximate surface area is 107 Å². The number of rotatable bonds is 2. The van der Waals surface area contributed by atoms with E-state index >= 15 is 0 Å². The lowest BCUT2D eigenvalue weighted by Crippen LogP contribution is -2.04. The van der Waals surface area contributed by atoms with Gasteiger partial charge >= 0.3 is 0 Å². The summed E-state index contributed by atoms with van der Waals surface area (Å²) in [5.41, 5.74) is 8.30. The van der Waals surface area contributed by atoms with Crippen molar-refractivity contribution in [3.63, 3.8) is 0 Å². The van der Waals surface area contributed by atoms with E-state index in [-0.39, 0.29) is 24.3 Å². The van der Waals surface area contributed by atoms with Gasteiger partial charge in [0.25, 0.3) is 0 Å². The van der Waals surface area contributed by atoms with Crippen molar-refractivity contribution in [2.24, 2.45) is 5.73 Å². The maximum atomic E-state index is 13.6. The number of halogens is 2. The van der Waals surface area contributed by atoms with Crippen molar-refractivity contribution in [1.82, 2.24) is 0 Å². The van der Waals surface area contributed by atoms with Gasteiger partial charge in [0.1, 0.15) is 5.82 Å². The van der Waals surface area contributed by atoms with E-state index in [0.717, 1.165) is 11.1 Å². The summed E-state index contributed by atoms with van der Waals surface area (Å²) >= 11 is 0. The molecule has 2 rings (SSSR count). The smallest absolute Gasteiger partial charge is 0.131 e. The highest BCUT2D eigenvalue weighted by Gasteiger charge is 2.05. The monoisotopic (exact) mass is 251 g/mol. The Kier molecular flexibility index (Phi) is 4.67. The van der Waals surface area contributed by atoms with Crippen LogP contribution in [0.2, 0.25) is 0 Å². The van der Waals surface area contributed by atoms with E-state index in [1.165, 1.54) is 6.07 Å². The third-order valence-electron chi connectivity index (χ3n) is 2.60. The van der Waals surface area contributed by atoms with E-state index in [1.807, 2.05) is 37.3 Å². The molecule has 2 aromatic rings. The van der Waals surface area contributed by atoms with Crippen LogP contribution in [-0.4, -0.2) is 0 Å². The van der Waals surface area contributed by atoms with Gasteiger partial charge in [-0.3, -0.25) is 0 Å². The second-order valence-corrected chi connectivity index (χ2v) is 3.89. The minimum absolute atomic E-state index is 0. The molecular weight excluding hydrogens is 237 g/mol. The Morgan fingerprint density at radius 2 is 1.76 bits per heavy atom. The second-order valence-electron chi connectivity index (χ2n) is 3.89. The number of nitrogens with two attached hydrogens (primary N) is 1. The topological polar surface area (TPSA) is 26.0 Å². The maximum Gasteiger partial charge on any atom is 0.131 e. The quantitative estimate of drug-likeness (QED) is 0.860. The Balaban J connectivity index is 0.00000144. The fraction of sp³-hybridized carbons (Fsp3) is 0.143. The standard InChI is InChI=1S/C14H14FN.ClH/c1-10(16)11-5-4-6-12(9-11)13-7-2-3-8-14(13)15;/h2-10H,16H2,1H3;1H/t10-;/m0./s1. The zero-order valence-electron chi connectivity index (χ0n) is 9.56. The van der Waals surface area contributed by atoms with Gasteiger partial charge in [0.15, 0.2) is 0 Å². The lowest BCUT2D eigenvalue weighted by Gasteiger charge is -2.08. The molecule has 17 heavy (non-hydrogen) atoms. The molecule has 1 atom stereocenters. The first-order valence-corrected chi connectivity index (χ1v) is 5.29. The highest BCUT2D eigenvalue weighted by atomic mass is 35.5. The molecule has 0 saturated heterocycles. The van der Waals surface area contributed by atoms with E-state index in [4.69, 9.17) is 5.73 Å². The van der Waals surface area contributed by atoms with Crippen LogP contribution in [0, 0.1) is 5.82 Å². The summed E-state index contributed by atoms with van der Waals surface area (Å²) in [4.78, 5) is 0. The predicted octanol–water partition coefficient (Wildman–Crippen LogP) is 3.93. The molecule has 2 aromatic carbocycles. The van der Waals surface area contributed by atoms with Crippen molar-refractivity contribution in [1.29, 1.82) is 0 Å². The Morgan fingerprint density at radius 1 is 1.06 bits per heavy atom. The highest BCUT2D eigenvalue weighted by Crippen LogP contribution is 2.24. The van der Waals surface area contributed by atoms with Gasteiger partial charge in [0, 0.05) is 11.6 Å². The lowest BCUT2D eigenvalue weighted by molar-refractivity contribution is 0.631. The van der Waals surface area contributed by atoms with Crippen molar-refractivity contribution in [2.75, 3.05) is 0 Å². The van der Waals surface area contributed by atoms with Crippen LogP contribution in [0.15, 0.2) is 48.5 Å². The normalized spacial score (nSPS) is 11.7. The molecule has 0 saturated carbocycles. The molecule has 90 valence electrons. The van der Waals surface area contributed by atoms with Crippen LogP contribution in [-0.2, 0) is 0 Å². The summed E-state index contributed by atoms with van der Waals surface area (Å²) < 4.78 is 13.6. The van der Waals surface area contributed by atoms with Crippen molar-refractivity contribution >= 4 is 12.4 Å². The molecule has 0 amide bonds. The molecule has 0 bridgehead atoms. The zero-order valence-corrected chi connectivity index (χ0v) is 10.4. The van der Waals surface area contributed by atoms with Crippen molar-refractivity contribution in [3.05, 3.63) is 59.9 Å². The molecule has 0 unspecified atom stereocenters. The molecule has 0 heterocycles. The largest absolute Gasteiger partial charge is 0.324 e. The number of hydrogen-bond donors (Lipinski definition) is 1. The molecule has 0 aliphatic carbocycles. The molecular formula is C14H15ClFN. The first-order valence-electron chi connectivity index (χ1n) is 5.29. The van der Waals surface area contributed by atoms with E-state index in [9.17, 15) is 4.39 Å². The van der Waals surface area contributed by atoms with Crippen molar-refractivity contribution in [3.8, 4) is 11.1 Å². The maximum absolute atomic E-state index is 13.6. The van der Waals surface area contributed by atoms with Gasteiger partial charge in [-0.15, -0.1) is 12.4 Å². The summed E-state index contributed by atoms with van der Waals surface area (Å²) in [5.74, 6) is -0.204. The van der Waals surface area contributed by atoms with Gasteiger partial charge < -0.3 is 5.73 Å². The van der Waals surface area contributed by atoms with E-state index in [0.29, 0.717) is 5.56 Å². The zero-order chi connectivity index (χ0) is 11.5. The summed E-state index contributed by atoms with van der Waals surface area (Å²) in [5, 5.41) is 0. The lowest BCUT2D eigenvalue weighted by atomic mass is 10.0. The third kappa shape index (κ3) is 3.05. The van der Waals surface area contributed by atoms with Crippen LogP contribution < -0.4 is 5.73 Å². The van der Waals surface area contributed by atoms with Crippen molar-refractivity contribution < 1.29 is 4.39 Å². The molecule has 0 spiro atoms. The fourth-order valence-electron chi connectivity index (χ4n) is 1.68. The minimum Gasteiger partial charge on any atom is -0.324 e. The second kappa shape index (κ2) is 5.80. The Hall–Kier alpha value is -1.38. The molecule has 0 fully saturated rings. The number of benzene rings is 2. The van der Waals surface area contributed by atoms with Gasteiger partial charge in [-0.05, 0) is 30.2 Å². The van der Waals surface area contributed by atoms with E-state index in [2.05, 4.69) is 0 Å². The molecule has 0 radical (unpaired) electrons. The van der Waals surface area contributed by atoms with Crippen LogP contribution in [0.5, 0.6) is 0 Å². The van der Waals surface area contributed by atoms with Gasteiger partial charge in [0.2, 0.25) is 0 Å². The van der Waals surface area contributed by atoms with Crippen LogP contribution in [0.3, 0.4) is 0 Å². The Bertz CT molecular complexity index is 497. The number of hydrogen-bond acceptors (Lipinski definition) is 1. The first-order chi connectivity index (χ1) is 7.68. The molecule has 3 heteroatoms. The Morgan fingerprint density at radius 3 is 2.41 bits per heavy atom. The van der Waals surface area contributed by atoms with E-state index in [1.54, 1.807) is 12.1 Å². The van der Waals surface area contributed by atoms with Gasteiger partial charge in [-0.25, -0.2) is 4.39 Å². The fourth-order valence-corrected chi connectivity index (χ4v) is 1.68. The summed E-state index contributed by atoms with van der Waals surface area (Å²) in [6.07, 6.45) is 0. The van der Waals surface area contributed by atoms with Crippen LogP contribution in [0.1, 0.15) is 18.5 Å². The first kappa shape index (κ1) is 13.7. The summed E-state index contributed by atoms with van der Waals surface area (Å²) in [6.45, 7) is 1.92. The average molecular weight is 252 g/mol. The summed E-state index contributed by atoms with van der Waals surface area (Å²) in [6, 6.07) is 14.4. The molecule has 0 aliphatic heterocycles. The van der Waals surface area contributed by atoms with E-state index < -0.39 is 0 Å². The third-order valence-corrected chi connectivity index (χ3v) is 2.60. The molecule has 1 nitrogen and oxygen atoms in total. The van der Waals surface area contributed by atoms with Gasteiger partial charge in [0.05, 0.1) is 0 Å². The molecule has 2 N–H and O–H groups in total. The molecule has 0 aliphatic rings. The molecule has 0 aromatic heterocycles. The van der Waals surface area contributed by atoms with Crippen molar-refractivity contribution in [2.45, 2.75) is 13.0 Å². The predicted molar refractivity (Wildman–Crippen MR) is 71.7 cm³/mol. The van der Waals surface area contributed by atoms with Gasteiger partial charge in [-0.1, -0.05) is 36.4 Å². The van der Waals surface area contributed by atoms with Crippen LogP contribution in [0.25, 0.3) is 11.1 Å². The highest BCUT2D eigenvalue weighted by molar-refractivity contribution is 5.85. The summed E-state index contributed by atoms with van der Waals surface area (Å²) in [7, 11) is 0. The van der Waals surface area contributed by atoms with Crippen LogP contribution >= 0.6 is 12.4 Å². The average Bonchev–Trinajstić information content (AvgIpc) is 2.30. The van der Waals surface area contributed by atoms with Crippen LogP contribution in [0.4, 0.5) is 4.39 Å².